The van der Waals surface area contributed by atoms with Crippen molar-refractivity contribution in [2.75, 3.05) is 0 Å². The summed E-state index contributed by atoms with van der Waals surface area (Å²) in [6, 6.07) is 4.25. The Kier molecular flexibility index (Phi) is 4.21. The third-order valence-electron chi connectivity index (χ3n) is 3.22. The quantitative estimate of drug-likeness (QED) is 0.506. The number of carbonyl (C=O) groups is 2. The number of ether oxygens (including phenoxy) is 1. The largest absolute Gasteiger partial charge is 0.449 e. The van der Waals surface area contributed by atoms with Gasteiger partial charge in [0.2, 0.25) is 0 Å². The van der Waals surface area contributed by atoms with Gasteiger partial charge in [0, 0.05) is 17.7 Å². The van der Waals surface area contributed by atoms with Crippen molar-refractivity contribution in [3.8, 4) is 0 Å². The number of benzene rings is 1. The van der Waals surface area contributed by atoms with Gasteiger partial charge in [0.25, 0.3) is 11.6 Å². The minimum Gasteiger partial charge on any atom is -0.449 e. The van der Waals surface area contributed by atoms with Crippen LogP contribution in [0.3, 0.4) is 0 Å². The van der Waals surface area contributed by atoms with E-state index in [0.29, 0.717) is 5.56 Å². The van der Waals surface area contributed by atoms with Crippen molar-refractivity contribution in [3.05, 3.63) is 39.4 Å². The minimum atomic E-state index is -0.932. The Bertz CT molecular complexity index is 595. The fraction of sp³-hybridized carbons (Fsp3) is 0.429. The number of amides is 1. The lowest BCUT2D eigenvalue weighted by molar-refractivity contribution is -0.385. The average Bonchev–Trinajstić information content (AvgIpc) is 3.22. The topological polar surface area (TPSA) is 98.5 Å². The average molecular weight is 292 g/mol. The highest BCUT2D eigenvalue weighted by Gasteiger charge is 2.27. The predicted octanol–water partition coefficient (Wildman–Crippen LogP) is 1.73. The molecule has 21 heavy (non-hydrogen) atoms. The Labute approximate surface area is 121 Å². The lowest BCUT2D eigenvalue weighted by atomic mass is 10.1. The van der Waals surface area contributed by atoms with Crippen LogP contribution < -0.4 is 5.32 Å². The summed E-state index contributed by atoms with van der Waals surface area (Å²) in [7, 11) is 0. The third-order valence-corrected chi connectivity index (χ3v) is 3.22. The number of nitro benzene ring substituents is 1. The number of aryl methyl sites for hydroxylation is 1. The molecule has 1 aromatic carbocycles. The summed E-state index contributed by atoms with van der Waals surface area (Å²) < 4.78 is 5.03. The van der Waals surface area contributed by atoms with Crippen LogP contribution in [0.2, 0.25) is 0 Å². The van der Waals surface area contributed by atoms with Crippen LogP contribution in [0.25, 0.3) is 0 Å². The summed E-state index contributed by atoms with van der Waals surface area (Å²) in [5.74, 6) is -1.11. The number of carbonyl (C=O) groups excluding carboxylic acids is 2. The maximum absolute atomic E-state index is 11.9. The van der Waals surface area contributed by atoms with Crippen LogP contribution >= 0.6 is 0 Å². The molecule has 0 aromatic heterocycles. The van der Waals surface area contributed by atoms with Crippen LogP contribution in [0.5, 0.6) is 0 Å². The molecule has 0 bridgehead atoms. The molecule has 1 saturated carbocycles. The van der Waals surface area contributed by atoms with Gasteiger partial charge in [-0.3, -0.25) is 14.9 Å². The fourth-order valence-electron chi connectivity index (χ4n) is 1.76. The summed E-state index contributed by atoms with van der Waals surface area (Å²) in [4.78, 5) is 33.9. The Balaban J connectivity index is 2.03. The van der Waals surface area contributed by atoms with E-state index in [2.05, 4.69) is 5.32 Å². The summed E-state index contributed by atoms with van der Waals surface area (Å²) in [6.45, 7) is 3.05. The second-order valence-corrected chi connectivity index (χ2v) is 5.09. The van der Waals surface area contributed by atoms with Crippen LogP contribution in [0, 0.1) is 17.0 Å². The van der Waals surface area contributed by atoms with Crippen LogP contribution in [-0.2, 0) is 9.53 Å². The van der Waals surface area contributed by atoms with Gasteiger partial charge in [-0.15, -0.1) is 0 Å². The van der Waals surface area contributed by atoms with Gasteiger partial charge < -0.3 is 10.1 Å². The van der Waals surface area contributed by atoms with E-state index in [1.165, 1.54) is 19.1 Å². The van der Waals surface area contributed by atoms with E-state index in [-0.39, 0.29) is 23.2 Å². The van der Waals surface area contributed by atoms with Gasteiger partial charge in [-0.05, 0) is 32.8 Å². The molecule has 1 aromatic rings. The van der Waals surface area contributed by atoms with Gasteiger partial charge >= 0.3 is 5.97 Å². The van der Waals surface area contributed by atoms with Crippen LogP contribution in [-0.4, -0.2) is 28.9 Å². The first-order valence-electron chi connectivity index (χ1n) is 6.65. The van der Waals surface area contributed by atoms with Gasteiger partial charge in [-0.25, -0.2) is 4.79 Å². The van der Waals surface area contributed by atoms with Crippen molar-refractivity contribution in [1.29, 1.82) is 0 Å². The molecule has 1 N–H and O–H groups in total. The summed E-state index contributed by atoms with van der Waals surface area (Å²) >= 11 is 0. The third kappa shape index (κ3) is 3.77. The zero-order valence-corrected chi connectivity index (χ0v) is 11.8. The molecular formula is C14H16N2O5. The van der Waals surface area contributed by atoms with Gasteiger partial charge in [0.05, 0.1) is 10.5 Å². The zero-order valence-electron chi connectivity index (χ0n) is 11.8. The highest BCUT2D eigenvalue weighted by atomic mass is 16.6. The molecule has 7 heteroatoms. The van der Waals surface area contributed by atoms with E-state index in [9.17, 15) is 19.7 Å². The maximum Gasteiger partial charge on any atom is 0.339 e. The number of hydrogen-bond donors (Lipinski definition) is 1. The van der Waals surface area contributed by atoms with E-state index >= 15 is 0 Å². The van der Waals surface area contributed by atoms with E-state index < -0.39 is 17.0 Å². The maximum atomic E-state index is 11.9. The summed E-state index contributed by atoms with van der Waals surface area (Å²) in [6.07, 6.45) is 0.950. The molecule has 1 aliphatic rings. The molecule has 0 saturated heterocycles. The van der Waals surface area contributed by atoms with E-state index in [0.717, 1.165) is 18.9 Å². The zero-order chi connectivity index (χ0) is 15.6. The minimum absolute atomic E-state index is 0.0540. The summed E-state index contributed by atoms with van der Waals surface area (Å²) in [5, 5.41) is 13.6. The van der Waals surface area contributed by atoms with Crippen molar-refractivity contribution in [3.63, 3.8) is 0 Å². The Hall–Kier alpha value is -2.44. The molecule has 0 unspecified atom stereocenters. The second kappa shape index (κ2) is 5.90. The summed E-state index contributed by atoms with van der Waals surface area (Å²) in [5.41, 5.74) is 0.356. The van der Waals surface area contributed by atoms with Crippen molar-refractivity contribution >= 4 is 17.6 Å². The van der Waals surface area contributed by atoms with Crippen LogP contribution in [0.4, 0.5) is 5.69 Å². The molecule has 1 fully saturated rings. The molecule has 1 amide bonds. The van der Waals surface area contributed by atoms with Crippen molar-refractivity contribution < 1.29 is 19.2 Å². The van der Waals surface area contributed by atoms with Gasteiger partial charge in [0.1, 0.15) is 0 Å². The van der Waals surface area contributed by atoms with E-state index in [1.807, 2.05) is 0 Å². The molecule has 0 spiro atoms. The van der Waals surface area contributed by atoms with Crippen molar-refractivity contribution in [2.45, 2.75) is 38.8 Å². The molecule has 0 heterocycles. The Morgan fingerprint density at radius 3 is 2.67 bits per heavy atom. The lowest BCUT2D eigenvalue weighted by Crippen LogP contribution is -2.37. The number of nitro groups is 1. The lowest BCUT2D eigenvalue weighted by Gasteiger charge is -2.13. The van der Waals surface area contributed by atoms with Crippen LogP contribution in [0.1, 0.15) is 35.7 Å². The SMILES string of the molecule is Cc1ccc(C(=O)O[C@H](C)C(=O)NC2CC2)cc1[N+](=O)[O-]. The predicted molar refractivity (Wildman–Crippen MR) is 73.9 cm³/mol. The molecule has 112 valence electrons. The van der Waals surface area contributed by atoms with Gasteiger partial charge in [-0.2, -0.15) is 0 Å². The van der Waals surface area contributed by atoms with Crippen molar-refractivity contribution in [2.24, 2.45) is 0 Å². The first-order chi connectivity index (χ1) is 9.88. The molecule has 0 radical (unpaired) electrons. The first kappa shape index (κ1) is 15.0. The normalized spacial score (nSPS) is 15.1. The molecule has 2 rings (SSSR count). The molecule has 1 atom stereocenters. The van der Waals surface area contributed by atoms with E-state index in [4.69, 9.17) is 4.74 Å². The number of nitrogens with one attached hydrogen (secondary N) is 1. The highest BCUT2D eigenvalue weighted by molar-refractivity contribution is 5.93. The number of hydrogen-bond acceptors (Lipinski definition) is 5. The highest BCUT2D eigenvalue weighted by Crippen LogP contribution is 2.21. The fourth-order valence-corrected chi connectivity index (χ4v) is 1.76. The Morgan fingerprint density at radius 2 is 2.10 bits per heavy atom. The number of nitrogens with zero attached hydrogens (tertiary/aromatic N) is 1. The van der Waals surface area contributed by atoms with Crippen molar-refractivity contribution in [1.82, 2.24) is 5.32 Å². The first-order valence-corrected chi connectivity index (χ1v) is 6.65. The standard InChI is InChI=1S/C14H16N2O5/c1-8-3-4-10(7-12(8)16(19)20)14(18)21-9(2)13(17)15-11-5-6-11/h3-4,7,9,11H,5-6H2,1-2H3,(H,15,17)/t9-/m1/s1. The molecule has 7 nitrogen and oxygen atoms in total. The molecular weight excluding hydrogens is 276 g/mol. The second-order valence-electron chi connectivity index (χ2n) is 5.09. The van der Waals surface area contributed by atoms with Gasteiger partial charge in [-0.1, -0.05) is 6.07 Å². The number of esters is 1. The molecule has 0 aliphatic heterocycles. The smallest absolute Gasteiger partial charge is 0.339 e. The number of rotatable bonds is 5. The Morgan fingerprint density at radius 1 is 1.43 bits per heavy atom. The van der Waals surface area contributed by atoms with E-state index in [1.54, 1.807) is 6.92 Å². The van der Waals surface area contributed by atoms with Gasteiger partial charge in [0.15, 0.2) is 6.10 Å². The monoisotopic (exact) mass is 292 g/mol. The molecule has 1 aliphatic carbocycles. The van der Waals surface area contributed by atoms with Crippen LogP contribution in [0.15, 0.2) is 18.2 Å².